The minimum Gasteiger partial charge on any atom is -0.430 e. The Kier molecular flexibility index (Phi) is 4.41. The SMILES string of the molecule is Cc1ccc(-n2ncc3c2CC(C)(C)C[C@@H]3NC(=O)c2ccc(=O)oc2)cc1. The molecule has 0 saturated heterocycles. The van der Waals surface area contributed by atoms with Crippen LogP contribution in [-0.2, 0) is 6.42 Å². The summed E-state index contributed by atoms with van der Waals surface area (Å²) in [6.45, 7) is 6.45. The number of aromatic nitrogens is 2. The third kappa shape index (κ3) is 3.50. The summed E-state index contributed by atoms with van der Waals surface area (Å²) in [4.78, 5) is 23.8. The van der Waals surface area contributed by atoms with E-state index in [2.05, 4.69) is 55.5 Å². The number of fused-ring (bicyclic) bond motifs is 1. The van der Waals surface area contributed by atoms with Gasteiger partial charge in [0.25, 0.3) is 5.91 Å². The molecule has 0 fully saturated rings. The van der Waals surface area contributed by atoms with E-state index in [0.717, 1.165) is 29.8 Å². The Morgan fingerprint density at radius 2 is 1.96 bits per heavy atom. The van der Waals surface area contributed by atoms with Crippen LogP contribution < -0.4 is 10.9 Å². The maximum atomic E-state index is 12.7. The van der Waals surface area contributed by atoms with E-state index in [4.69, 9.17) is 4.42 Å². The summed E-state index contributed by atoms with van der Waals surface area (Å²) >= 11 is 0. The highest BCUT2D eigenvalue weighted by molar-refractivity contribution is 5.94. The molecule has 28 heavy (non-hydrogen) atoms. The zero-order chi connectivity index (χ0) is 19.9. The van der Waals surface area contributed by atoms with Crippen molar-refractivity contribution in [3.63, 3.8) is 0 Å². The van der Waals surface area contributed by atoms with Crippen molar-refractivity contribution in [2.24, 2.45) is 5.41 Å². The third-order valence-corrected chi connectivity index (χ3v) is 5.23. The lowest BCUT2D eigenvalue weighted by atomic mass is 9.74. The summed E-state index contributed by atoms with van der Waals surface area (Å²) in [6, 6.07) is 10.8. The van der Waals surface area contributed by atoms with Crippen LogP contribution >= 0.6 is 0 Å². The molecule has 2 heterocycles. The second-order valence-electron chi connectivity index (χ2n) is 8.21. The van der Waals surface area contributed by atoms with E-state index in [1.54, 1.807) is 0 Å². The van der Waals surface area contributed by atoms with Gasteiger partial charge in [-0.05, 0) is 43.4 Å². The quantitative estimate of drug-likeness (QED) is 0.757. The molecule has 4 rings (SSSR count). The molecule has 0 aliphatic heterocycles. The van der Waals surface area contributed by atoms with Crippen molar-refractivity contribution in [3.05, 3.63) is 81.7 Å². The Bertz CT molecular complexity index is 1060. The lowest BCUT2D eigenvalue weighted by Gasteiger charge is -2.36. The van der Waals surface area contributed by atoms with Gasteiger partial charge in [0, 0.05) is 11.6 Å². The summed E-state index contributed by atoms with van der Waals surface area (Å²) in [7, 11) is 0. The fourth-order valence-corrected chi connectivity index (χ4v) is 3.81. The van der Waals surface area contributed by atoms with E-state index in [1.807, 2.05) is 10.9 Å². The molecule has 0 saturated carbocycles. The molecule has 1 amide bonds. The number of nitrogens with one attached hydrogen (secondary N) is 1. The van der Waals surface area contributed by atoms with Crippen LogP contribution in [0, 0.1) is 12.3 Å². The van der Waals surface area contributed by atoms with Gasteiger partial charge in [-0.15, -0.1) is 0 Å². The van der Waals surface area contributed by atoms with E-state index >= 15 is 0 Å². The number of hydrogen-bond donors (Lipinski definition) is 1. The molecule has 1 aromatic carbocycles. The predicted molar refractivity (Wildman–Crippen MR) is 106 cm³/mol. The van der Waals surface area contributed by atoms with Gasteiger partial charge < -0.3 is 9.73 Å². The topological polar surface area (TPSA) is 77.1 Å². The van der Waals surface area contributed by atoms with Gasteiger partial charge in [-0.3, -0.25) is 4.79 Å². The minimum atomic E-state index is -0.475. The van der Waals surface area contributed by atoms with E-state index < -0.39 is 5.63 Å². The van der Waals surface area contributed by atoms with E-state index in [-0.39, 0.29) is 17.4 Å². The van der Waals surface area contributed by atoms with E-state index in [1.165, 1.54) is 24.0 Å². The van der Waals surface area contributed by atoms with Crippen LogP contribution in [0.1, 0.15) is 53.5 Å². The Morgan fingerprint density at radius 1 is 1.21 bits per heavy atom. The van der Waals surface area contributed by atoms with Gasteiger partial charge in [-0.25, -0.2) is 9.48 Å². The fourth-order valence-electron chi connectivity index (χ4n) is 3.81. The van der Waals surface area contributed by atoms with Crippen LogP contribution in [0.15, 0.2) is 58.1 Å². The molecule has 0 spiro atoms. The number of carbonyl (C=O) groups excluding carboxylic acids is 1. The van der Waals surface area contributed by atoms with Crippen molar-refractivity contribution in [1.82, 2.24) is 15.1 Å². The van der Waals surface area contributed by atoms with Crippen LogP contribution in [0.2, 0.25) is 0 Å². The summed E-state index contributed by atoms with van der Waals surface area (Å²) < 4.78 is 6.79. The van der Waals surface area contributed by atoms with Crippen molar-refractivity contribution < 1.29 is 9.21 Å². The lowest BCUT2D eigenvalue weighted by molar-refractivity contribution is 0.0917. The molecule has 1 aliphatic rings. The molecule has 6 heteroatoms. The second-order valence-corrected chi connectivity index (χ2v) is 8.21. The number of benzene rings is 1. The van der Waals surface area contributed by atoms with E-state index in [9.17, 15) is 9.59 Å². The molecular weight excluding hydrogens is 354 g/mol. The molecule has 1 aliphatic carbocycles. The first-order chi connectivity index (χ1) is 13.3. The first-order valence-electron chi connectivity index (χ1n) is 9.36. The zero-order valence-electron chi connectivity index (χ0n) is 16.2. The minimum absolute atomic E-state index is 0.0106. The predicted octanol–water partition coefficient (Wildman–Crippen LogP) is 3.58. The van der Waals surface area contributed by atoms with E-state index in [0.29, 0.717) is 5.56 Å². The van der Waals surface area contributed by atoms with Crippen LogP contribution in [0.25, 0.3) is 5.69 Å². The Hall–Kier alpha value is -3.15. The van der Waals surface area contributed by atoms with Gasteiger partial charge in [0.1, 0.15) is 6.26 Å². The summed E-state index contributed by atoms with van der Waals surface area (Å²) in [6.07, 6.45) is 4.73. The van der Waals surface area contributed by atoms with Gasteiger partial charge in [-0.1, -0.05) is 31.5 Å². The number of aryl methyl sites for hydroxylation is 1. The Morgan fingerprint density at radius 3 is 2.64 bits per heavy atom. The normalized spacial score (nSPS) is 17.8. The summed E-state index contributed by atoms with van der Waals surface area (Å²) in [5.74, 6) is -0.263. The Balaban J connectivity index is 1.67. The molecular formula is C22H23N3O3. The van der Waals surface area contributed by atoms with Gasteiger partial charge in [0.05, 0.1) is 29.2 Å². The maximum absolute atomic E-state index is 12.7. The number of amides is 1. The first kappa shape index (κ1) is 18.2. The van der Waals surface area contributed by atoms with Crippen molar-refractivity contribution in [2.75, 3.05) is 0 Å². The monoisotopic (exact) mass is 377 g/mol. The first-order valence-corrected chi connectivity index (χ1v) is 9.36. The fraction of sp³-hybridized carbons (Fsp3) is 0.318. The average molecular weight is 377 g/mol. The molecule has 144 valence electrons. The van der Waals surface area contributed by atoms with Gasteiger partial charge in [0.2, 0.25) is 0 Å². The number of rotatable bonds is 3. The van der Waals surface area contributed by atoms with Crippen LogP contribution in [0.4, 0.5) is 0 Å². The van der Waals surface area contributed by atoms with Gasteiger partial charge >= 0.3 is 5.63 Å². The molecule has 0 bridgehead atoms. The number of nitrogens with zero attached hydrogens (tertiary/aromatic N) is 2. The zero-order valence-corrected chi connectivity index (χ0v) is 16.2. The maximum Gasteiger partial charge on any atom is 0.335 e. The molecule has 0 radical (unpaired) electrons. The standard InChI is InChI=1S/C22H23N3O3/c1-14-4-7-16(8-5-14)25-19-11-22(2,3)10-18(17(19)12-23-25)24-21(27)15-6-9-20(26)28-13-15/h4-9,12-13,18H,10-11H2,1-3H3,(H,24,27)/t18-/m0/s1. The van der Waals surface area contributed by atoms with Crippen molar-refractivity contribution in [1.29, 1.82) is 0 Å². The molecule has 6 nitrogen and oxygen atoms in total. The number of hydrogen-bond acceptors (Lipinski definition) is 4. The lowest BCUT2D eigenvalue weighted by Crippen LogP contribution is -2.36. The van der Waals surface area contributed by atoms with Crippen molar-refractivity contribution in [2.45, 2.75) is 39.7 Å². The summed E-state index contributed by atoms with van der Waals surface area (Å²) in [5.41, 5.74) is 4.23. The second kappa shape index (κ2) is 6.78. The highest BCUT2D eigenvalue weighted by Gasteiger charge is 2.36. The number of carbonyl (C=O) groups is 1. The molecule has 2 aromatic heterocycles. The Labute approximate surface area is 163 Å². The highest BCUT2D eigenvalue weighted by Crippen LogP contribution is 2.41. The highest BCUT2D eigenvalue weighted by atomic mass is 16.4. The third-order valence-electron chi connectivity index (χ3n) is 5.23. The van der Waals surface area contributed by atoms with Crippen molar-refractivity contribution in [3.8, 4) is 5.69 Å². The van der Waals surface area contributed by atoms with Crippen molar-refractivity contribution >= 4 is 5.91 Å². The molecule has 0 unspecified atom stereocenters. The van der Waals surface area contributed by atoms with Crippen LogP contribution in [0.5, 0.6) is 0 Å². The summed E-state index contributed by atoms with van der Waals surface area (Å²) in [5, 5.41) is 7.70. The molecule has 1 atom stereocenters. The van der Waals surface area contributed by atoms with Crippen LogP contribution in [0.3, 0.4) is 0 Å². The smallest absolute Gasteiger partial charge is 0.335 e. The average Bonchev–Trinajstić information content (AvgIpc) is 3.05. The van der Waals surface area contributed by atoms with Gasteiger partial charge in [0.15, 0.2) is 0 Å². The molecule has 1 N–H and O–H groups in total. The van der Waals surface area contributed by atoms with Gasteiger partial charge in [-0.2, -0.15) is 5.10 Å². The molecule has 3 aromatic rings. The largest absolute Gasteiger partial charge is 0.430 e. The van der Waals surface area contributed by atoms with Crippen LogP contribution in [-0.4, -0.2) is 15.7 Å².